The number of nitrogens with one attached hydrogen (secondary N) is 1. The van der Waals surface area contributed by atoms with Crippen molar-refractivity contribution >= 4 is 23.1 Å². The number of H-pyrrole nitrogens is 1. The quantitative estimate of drug-likeness (QED) is 0.439. The number of ether oxygens (including phenoxy) is 2. The lowest BCUT2D eigenvalue weighted by molar-refractivity contribution is -0.146. The smallest absolute Gasteiger partial charge is 0.323 e. The van der Waals surface area contributed by atoms with Crippen LogP contribution in [-0.4, -0.2) is 51.1 Å². The van der Waals surface area contributed by atoms with Crippen LogP contribution in [-0.2, 0) is 19.1 Å². The van der Waals surface area contributed by atoms with Crippen molar-refractivity contribution in [2.45, 2.75) is 58.4 Å². The van der Waals surface area contributed by atoms with Gasteiger partial charge in [0.15, 0.2) is 5.65 Å². The Hall–Kier alpha value is -2.55. The van der Waals surface area contributed by atoms with E-state index in [9.17, 15) is 9.59 Å². The minimum absolute atomic E-state index is 0.0211. The van der Waals surface area contributed by atoms with Gasteiger partial charge in [0.1, 0.15) is 24.0 Å². The summed E-state index contributed by atoms with van der Waals surface area (Å²) in [6, 6.07) is -0.628. The zero-order valence-electron chi connectivity index (χ0n) is 16.7. The molecular formula is C19H29N5O4. The average Bonchev–Trinajstić information content (AvgIpc) is 3.14. The average molecular weight is 391 g/mol. The minimum atomic E-state index is -0.628. The lowest BCUT2D eigenvalue weighted by atomic mass is 10.0. The van der Waals surface area contributed by atoms with Crippen LogP contribution in [0.3, 0.4) is 0 Å². The van der Waals surface area contributed by atoms with Gasteiger partial charge in [0.2, 0.25) is 0 Å². The molecule has 2 atom stereocenters. The van der Waals surface area contributed by atoms with E-state index < -0.39 is 12.0 Å². The molecule has 9 heteroatoms. The van der Waals surface area contributed by atoms with Crippen molar-refractivity contribution in [3.05, 3.63) is 18.3 Å². The standard InChI is InChI=1S/C19H29N5O4/c1-4-6-15(25)28-10-13(7-5-8-27-19(26)16(20)12(2)3)17-21-9-14-18(24-17)23-11-22-14/h9,11-13,16H,4-8,10,20H2,1-3H3,(H,21,22,23,24)/t13?,16-/m0/s1. The number of hydrogen-bond donors (Lipinski definition) is 2. The maximum absolute atomic E-state index is 11.9. The van der Waals surface area contributed by atoms with Crippen molar-refractivity contribution in [2.24, 2.45) is 11.7 Å². The van der Waals surface area contributed by atoms with Gasteiger partial charge in [-0.2, -0.15) is 0 Å². The first kappa shape index (κ1) is 21.7. The van der Waals surface area contributed by atoms with Crippen molar-refractivity contribution in [1.29, 1.82) is 0 Å². The van der Waals surface area contributed by atoms with Gasteiger partial charge in [-0.3, -0.25) is 9.59 Å². The molecule has 1 unspecified atom stereocenters. The molecule has 2 rings (SSSR count). The van der Waals surface area contributed by atoms with Crippen molar-refractivity contribution < 1.29 is 19.1 Å². The summed E-state index contributed by atoms with van der Waals surface area (Å²) in [6.45, 7) is 6.08. The van der Waals surface area contributed by atoms with Crippen LogP contribution in [0.5, 0.6) is 0 Å². The van der Waals surface area contributed by atoms with E-state index in [-0.39, 0.29) is 31.0 Å². The van der Waals surface area contributed by atoms with E-state index in [0.29, 0.717) is 36.3 Å². The van der Waals surface area contributed by atoms with Crippen LogP contribution in [0.4, 0.5) is 0 Å². The van der Waals surface area contributed by atoms with Crippen LogP contribution in [0.2, 0.25) is 0 Å². The number of rotatable bonds is 11. The Labute approximate surface area is 164 Å². The fraction of sp³-hybridized carbons (Fsp3) is 0.632. The maximum Gasteiger partial charge on any atom is 0.323 e. The zero-order valence-corrected chi connectivity index (χ0v) is 16.7. The van der Waals surface area contributed by atoms with E-state index in [0.717, 1.165) is 6.42 Å². The molecule has 9 nitrogen and oxygen atoms in total. The number of esters is 2. The second-order valence-electron chi connectivity index (χ2n) is 7.07. The van der Waals surface area contributed by atoms with Crippen LogP contribution < -0.4 is 5.73 Å². The second-order valence-corrected chi connectivity index (χ2v) is 7.07. The van der Waals surface area contributed by atoms with Crippen molar-refractivity contribution in [2.75, 3.05) is 13.2 Å². The molecule has 0 spiro atoms. The predicted octanol–water partition coefficient (Wildman–Crippen LogP) is 2.09. The number of nitrogens with zero attached hydrogens (tertiary/aromatic N) is 3. The molecule has 2 heterocycles. The van der Waals surface area contributed by atoms with Crippen LogP contribution in [0.15, 0.2) is 12.5 Å². The van der Waals surface area contributed by atoms with Crippen LogP contribution in [0.1, 0.15) is 58.2 Å². The molecule has 2 aromatic rings. The van der Waals surface area contributed by atoms with Crippen LogP contribution in [0.25, 0.3) is 11.2 Å². The maximum atomic E-state index is 11.9. The second kappa shape index (κ2) is 10.7. The third-order valence-electron chi connectivity index (χ3n) is 4.39. The highest BCUT2D eigenvalue weighted by atomic mass is 16.5. The number of carbonyl (C=O) groups excluding carboxylic acids is 2. The Morgan fingerprint density at radius 1 is 1.25 bits per heavy atom. The summed E-state index contributed by atoms with van der Waals surface area (Å²) in [7, 11) is 0. The lowest BCUT2D eigenvalue weighted by Gasteiger charge is -2.17. The van der Waals surface area contributed by atoms with Gasteiger partial charge in [-0.05, 0) is 25.2 Å². The summed E-state index contributed by atoms with van der Waals surface area (Å²) in [6.07, 6.45) is 5.47. The van der Waals surface area contributed by atoms with E-state index in [2.05, 4.69) is 19.9 Å². The van der Waals surface area contributed by atoms with Gasteiger partial charge in [-0.25, -0.2) is 15.0 Å². The van der Waals surface area contributed by atoms with E-state index in [1.807, 2.05) is 20.8 Å². The van der Waals surface area contributed by atoms with E-state index >= 15 is 0 Å². The predicted molar refractivity (Wildman–Crippen MR) is 103 cm³/mol. The highest BCUT2D eigenvalue weighted by Crippen LogP contribution is 2.20. The topological polar surface area (TPSA) is 133 Å². The molecule has 0 fully saturated rings. The van der Waals surface area contributed by atoms with Gasteiger partial charge in [-0.15, -0.1) is 0 Å². The highest BCUT2D eigenvalue weighted by molar-refractivity contribution is 5.75. The molecule has 3 N–H and O–H groups in total. The number of carbonyl (C=O) groups is 2. The summed E-state index contributed by atoms with van der Waals surface area (Å²) in [5, 5.41) is 0. The molecule has 0 saturated carbocycles. The molecule has 0 saturated heterocycles. The normalized spacial score (nSPS) is 13.5. The van der Waals surface area contributed by atoms with Gasteiger partial charge in [0.25, 0.3) is 0 Å². The summed E-state index contributed by atoms with van der Waals surface area (Å²) in [5.41, 5.74) is 7.08. The third-order valence-corrected chi connectivity index (χ3v) is 4.39. The van der Waals surface area contributed by atoms with Gasteiger partial charge in [0.05, 0.1) is 25.0 Å². The number of aromatic nitrogens is 4. The first-order valence-corrected chi connectivity index (χ1v) is 9.66. The molecule has 0 aromatic carbocycles. The fourth-order valence-corrected chi connectivity index (χ4v) is 2.58. The Bertz CT molecular complexity index is 777. The number of hydrogen-bond acceptors (Lipinski definition) is 8. The zero-order chi connectivity index (χ0) is 20.5. The largest absolute Gasteiger partial charge is 0.465 e. The monoisotopic (exact) mass is 391 g/mol. The first-order valence-electron chi connectivity index (χ1n) is 9.66. The summed E-state index contributed by atoms with van der Waals surface area (Å²) in [5.74, 6) is -0.273. The molecule has 0 aliphatic carbocycles. The van der Waals surface area contributed by atoms with Gasteiger partial charge in [-0.1, -0.05) is 20.8 Å². The molecular weight excluding hydrogens is 362 g/mol. The highest BCUT2D eigenvalue weighted by Gasteiger charge is 2.21. The Balaban J connectivity index is 1.95. The Morgan fingerprint density at radius 2 is 2.04 bits per heavy atom. The van der Waals surface area contributed by atoms with Gasteiger partial charge >= 0.3 is 11.9 Å². The van der Waals surface area contributed by atoms with E-state index in [1.54, 1.807) is 12.5 Å². The van der Waals surface area contributed by atoms with Crippen LogP contribution >= 0.6 is 0 Å². The Morgan fingerprint density at radius 3 is 2.75 bits per heavy atom. The third kappa shape index (κ3) is 6.26. The van der Waals surface area contributed by atoms with Gasteiger partial charge < -0.3 is 20.2 Å². The molecule has 0 radical (unpaired) electrons. The van der Waals surface area contributed by atoms with Crippen molar-refractivity contribution in [1.82, 2.24) is 19.9 Å². The molecule has 0 amide bonds. The molecule has 0 aliphatic rings. The summed E-state index contributed by atoms with van der Waals surface area (Å²) in [4.78, 5) is 39.5. The molecule has 28 heavy (non-hydrogen) atoms. The van der Waals surface area contributed by atoms with Crippen molar-refractivity contribution in [3.63, 3.8) is 0 Å². The molecule has 2 aromatic heterocycles. The summed E-state index contributed by atoms with van der Waals surface area (Å²) < 4.78 is 10.6. The lowest BCUT2D eigenvalue weighted by Crippen LogP contribution is -2.37. The van der Waals surface area contributed by atoms with E-state index in [4.69, 9.17) is 15.2 Å². The van der Waals surface area contributed by atoms with E-state index in [1.165, 1.54) is 0 Å². The van der Waals surface area contributed by atoms with Crippen molar-refractivity contribution in [3.8, 4) is 0 Å². The van der Waals surface area contributed by atoms with Gasteiger partial charge in [0, 0.05) is 6.42 Å². The SMILES string of the molecule is CCCC(=O)OCC(CCCOC(=O)[C@@H](N)C(C)C)c1ncc2nc[nH]c2n1. The molecule has 154 valence electrons. The number of imidazole rings is 1. The number of nitrogens with two attached hydrogens (primary N) is 1. The summed E-state index contributed by atoms with van der Waals surface area (Å²) >= 11 is 0. The van der Waals surface area contributed by atoms with Crippen LogP contribution in [0, 0.1) is 5.92 Å². The minimum Gasteiger partial charge on any atom is -0.465 e. The molecule has 0 bridgehead atoms. The Kier molecular flexibility index (Phi) is 8.31. The first-order chi connectivity index (χ1) is 13.4. The number of fused-ring (bicyclic) bond motifs is 1. The molecule has 0 aliphatic heterocycles. The fourth-order valence-electron chi connectivity index (χ4n) is 2.58. The number of aromatic amines is 1.